The standard InChI is InChI=1S/C14H18O/c1-11-3-5-12(6-4-11)13-7-9-14(15-2)10-8-13/h3,5,7,9H,4,6,8,10H2,1-2H3. The molecule has 0 aromatic carbocycles. The first-order valence-corrected chi connectivity index (χ1v) is 5.60. The molecular weight excluding hydrogens is 184 g/mol. The summed E-state index contributed by atoms with van der Waals surface area (Å²) in [6.07, 6.45) is 13.4. The number of rotatable bonds is 2. The largest absolute Gasteiger partial charge is 0.501 e. The van der Waals surface area contributed by atoms with Crippen LogP contribution >= 0.6 is 0 Å². The molecule has 1 nitrogen and oxygen atoms in total. The van der Waals surface area contributed by atoms with Gasteiger partial charge in [-0.05, 0) is 43.4 Å². The van der Waals surface area contributed by atoms with E-state index in [2.05, 4.69) is 31.2 Å². The first-order valence-electron chi connectivity index (χ1n) is 5.60. The molecule has 80 valence electrons. The fraction of sp³-hybridized carbons (Fsp3) is 0.429. The zero-order chi connectivity index (χ0) is 10.7. The second-order valence-corrected chi connectivity index (χ2v) is 4.23. The summed E-state index contributed by atoms with van der Waals surface area (Å²) in [4.78, 5) is 0. The molecule has 0 bridgehead atoms. The van der Waals surface area contributed by atoms with Gasteiger partial charge in [0.15, 0.2) is 0 Å². The Bertz CT molecular complexity index is 367. The fourth-order valence-electron chi connectivity index (χ4n) is 2.06. The van der Waals surface area contributed by atoms with Crippen molar-refractivity contribution in [1.29, 1.82) is 0 Å². The van der Waals surface area contributed by atoms with E-state index in [0.29, 0.717) is 0 Å². The van der Waals surface area contributed by atoms with Crippen LogP contribution in [0.2, 0.25) is 0 Å². The number of ether oxygens (including phenoxy) is 1. The zero-order valence-corrected chi connectivity index (χ0v) is 9.55. The first kappa shape index (κ1) is 10.3. The monoisotopic (exact) mass is 202 g/mol. The summed E-state index contributed by atoms with van der Waals surface area (Å²) in [6, 6.07) is 0. The second-order valence-electron chi connectivity index (χ2n) is 4.23. The van der Waals surface area contributed by atoms with Gasteiger partial charge in [-0.3, -0.25) is 0 Å². The van der Waals surface area contributed by atoms with Crippen LogP contribution in [-0.4, -0.2) is 7.11 Å². The summed E-state index contributed by atoms with van der Waals surface area (Å²) in [5, 5.41) is 0. The summed E-state index contributed by atoms with van der Waals surface area (Å²) in [5.74, 6) is 1.10. The highest BCUT2D eigenvalue weighted by atomic mass is 16.5. The van der Waals surface area contributed by atoms with Crippen LogP contribution in [0, 0.1) is 0 Å². The van der Waals surface area contributed by atoms with Crippen LogP contribution < -0.4 is 0 Å². The highest BCUT2D eigenvalue weighted by molar-refractivity contribution is 5.41. The smallest absolute Gasteiger partial charge is 0.0958 e. The van der Waals surface area contributed by atoms with E-state index in [-0.39, 0.29) is 0 Å². The maximum absolute atomic E-state index is 5.23. The maximum Gasteiger partial charge on any atom is 0.0958 e. The lowest BCUT2D eigenvalue weighted by Crippen LogP contribution is -2.00. The third kappa shape index (κ3) is 2.41. The average Bonchev–Trinajstić information content (AvgIpc) is 2.30. The number of hydrogen-bond donors (Lipinski definition) is 0. The molecule has 0 aliphatic heterocycles. The van der Waals surface area contributed by atoms with Crippen LogP contribution in [-0.2, 0) is 4.74 Å². The van der Waals surface area contributed by atoms with E-state index in [1.807, 2.05) is 0 Å². The summed E-state index contributed by atoms with van der Waals surface area (Å²) < 4.78 is 5.23. The van der Waals surface area contributed by atoms with E-state index in [1.165, 1.54) is 29.6 Å². The van der Waals surface area contributed by atoms with Gasteiger partial charge in [-0.15, -0.1) is 0 Å². The average molecular weight is 202 g/mol. The van der Waals surface area contributed by atoms with Crippen molar-refractivity contribution < 1.29 is 4.74 Å². The van der Waals surface area contributed by atoms with Gasteiger partial charge in [0.2, 0.25) is 0 Å². The van der Waals surface area contributed by atoms with Crippen molar-refractivity contribution >= 4 is 0 Å². The quantitative estimate of drug-likeness (QED) is 0.659. The van der Waals surface area contributed by atoms with E-state index in [1.54, 1.807) is 7.11 Å². The summed E-state index contributed by atoms with van der Waals surface area (Å²) in [7, 11) is 1.75. The summed E-state index contributed by atoms with van der Waals surface area (Å²) in [5.41, 5.74) is 4.48. The minimum absolute atomic E-state index is 1.04. The number of hydrogen-bond acceptors (Lipinski definition) is 1. The predicted molar refractivity (Wildman–Crippen MR) is 63.5 cm³/mol. The molecule has 0 aromatic heterocycles. The third-order valence-electron chi connectivity index (χ3n) is 3.14. The molecule has 1 heteroatoms. The Morgan fingerprint density at radius 3 is 2.00 bits per heavy atom. The molecule has 0 amide bonds. The van der Waals surface area contributed by atoms with Crippen LogP contribution in [0.3, 0.4) is 0 Å². The van der Waals surface area contributed by atoms with Gasteiger partial charge in [-0.2, -0.15) is 0 Å². The van der Waals surface area contributed by atoms with Crippen molar-refractivity contribution in [2.75, 3.05) is 7.11 Å². The minimum Gasteiger partial charge on any atom is -0.501 e. The number of methoxy groups -OCH3 is 1. The Labute approximate surface area is 91.8 Å². The van der Waals surface area contributed by atoms with E-state index in [0.717, 1.165) is 18.6 Å². The molecule has 0 atom stereocenters. The molecule has 0 unspecified atom stereocenters. The van der Waals surface area contributed by atoms with Crippen molar-refractivity contribution in [2.45, 2.75) is 32.6 Å². The van der Waals surface area contributed by atoms with Gasteiger partial charge >= 0.3 is 0 Å². The van der Waals surface area contributed by atoms with Gasteiger partial charge in [0.25, 0.3) is 0 Å². The Hall–Kier alpha value is -1.24. The van der Waals surface area contributed by atoms with Crippen LogP contribution in [0.1, 0.15) is 32.6 Å². The number of allylic oxidation sites excluding steroid dienone is 8. The molecule has 0 heterocycles. The van der Waals surface area contributed by atoms with Crippen LogP contribution in [0.5, 0.6) is 0 Å². The highest BCUT2D eigenvalue weighted by Gasteiger charge is 2.12. The molecule has 15 heavy (non-hydrogen) atoms. The van der Waals surface area contributed by atoms with E-state index >= 15 is 0 Å². The Balaban J connectivity index is 2.13. The lowest BCUT2D eigenvalue weighted by atomic mass is 9.89. The van der Waals surface area contributed by atoms with Gasteiger partial charge < -0.3 is 4.74 Å². The predicted octanol–water partition coefficient (Wildman–Crippen LogP) is 3.90. The van der Waals surface area contributed by atoms with Crippen molar-refractivity contribution in [3.05, 3.63) is 46.8 Å². The lowest BCUT2D eigenvalue weighted by molar-refractivity contribution is 0.276. The molecular formula is C14H18O. The first-order chi connectivity index (χ1) is 7.29. The maximum atomic E-state index is 5.23. The molecule has 0 fully saturated rings. The molecule has 0 saturated heterocycles. The van der Waals surface area contributed by atoms with E-state index in [9.17, 15) is 0 Å². The van der Waals surface area contributed by atoms with Gasteiger partial charge in [0.1, 0.15) is 0 Å². The van der Waals surface area contributed by atoms with Crippen LogP contribution in [0.25, 0.3) is 0 Å². The van der Waals surface area contributed by atoms with Crippen molar-refractivity contribution in [3.8, 4) is 0 Å². The van der Waals surface area contributed by atoms with Crippen LogP contribution in [0.4, 0.5) is 0 Å². The Morgan fingerprint density at radius 1 is 0.867 bits per heavy atom. The molecule has 0 N–H and O–H groups in total. The Kier molecular flexibility index (Phi) is 3.10. The molecule has 2 rings (SSSR count). The van der Waals surface area contributed by atoms with Crippen molar-refractivity contribution in [3.63, 3.8) is 0 Å². The minimum atomic E-state index is 1.04. The summed E-state index contributed by atoms with van der Waals surface area (Å²) in [6.45, 7) is 2.20. The van der Waals surface area contributed by atoms with Gasteiger partial charge in [-0.1, -0.05) is 23.8 Å². The second kappa shape index (κ2) is 4.52. The highest BCUT2D eigenvalue weighted by Crippen LogP contribution is 2.30. The molecule has 2 aliphatic rings. The normalized spacial score (nSPS) is 21.2. The Morgan fingerprint density at radius 2 is 1.53 bits per heavy atom. The lowest BCUT2D eigenvalue weighted by Gasteiger charge is -2.18. The van der Waals surface area contributed by atoms with Crippen LogP contribution in [0.15, 0.2) is 46.8 Å². The molecule has 0 radical (unpaired) electrons. The molecule has 0 aromatic rings. The molecule has 0 saturated carbocycles. The van der Waals surface area contributed by atoms with Crippen molar-refractivity contribution in [2.24, 2.45) is 0 Å². The third-order valence-corrected chi connectivity index (χ3v) is 3.14. The molecule has 0 spiro atoms. The SMILES string of the molecule is COC1=CC=C(C2=CC=C(C)CC2)CC1. The zero-order valence-electron chi connectivity index (χ0n) is 9.55. The molecule has 2 aliphatic carbocycles. The topological polar surface area (TPSA) is 9.23 Å². The fourth-order valence-corrected chi connectivity index (χ4v) is 2.06. The van der Waals surface area contributed by atoms with Gasteiger partial charge in [0.05, 0.1) is 12.9 Å². The van der Waals surface area contributed by atoms with E-state index < -0.39 is 0 Å². The van der Waals surface area contributed by atoms with Crippen molar-refractivity contribution in [1.82, 2.24) is 0 Å². The van der Waals surface area contributed by atoms with E-state index in [4.69, 9.17) is 4.74 Å². The summed E-state index contributed by atoms with van der Waals surface area (Å²) >= 11 is 0. The van der Waals surface area contributed by atoms with Gasteiger partial charge in [0, 0.05) is 6.42 Å². The van der Waals surface area contributed by atoms with Gasteiger partial charge in [-0.25, -0.2) is 0 Å².